The van der Waals surface area contributed by atoms with Crippen LogP contribution in [0, 0.1) is 5.82 Å². The van der Waals surface area contributed by atoms with E-state index in [1.807, 2.05) is 19.1 Å². The Morgan fingerprint density at radius 1 is 1.06 bits per heavy atom. The molecular weight excluding hydrogens is 441 g/mol. The molecule has 1 aliphatic carbocycles. The van der Waals surface area contributed by atoms with Crippen LogP contribution in [-0.4, -0.2) is 42.9 Å². The molecule has 5 nitrogen and oxygen atoms in total. The summed E-state index contributed by atoms with van der Waals surface area (Å²) in [5.41, 5.74) is 2.62. The van der Waals surface area contributed by atoms with Crippen LogP contribution in [0.1, 0.15) is 75.3 Å². The molecule has 4 rings (SSSR count). The maximum Gasteiger partial charge on any atom is 0.230 e. The summed E-state index contributed by atoms with van der Waals surface area (Å²) in [7, 11) is 0. The zero-order chi connectivity index (χ0) is 24.7. The number of nitrogens with one attached hydrogen (secondary N) is 2. The van der Waals surface area contributed by atoms with E-state index in [0.29, 0.717) is 18.9 Å². The van der Waals surface area contributed by atoms with E-state index in [9.17, 15) is 14.0 Å². The fourth-order valence-corrected chi connectivity index (χ4v) is 5.68. The molecule has 2 aromatic rings. The largest absolute Gasteiger partial charge is 0.355 e. The van der Waals surface area contributed by atoms with Gasteiger partial charge in [-0.05, 0) is 93.0 Å². The molecule has 35 heavy (non-hydrogen) atoms. The molecule has 0 spiro atoms. The smallest absolute Gasteiger partial charge is 0.230 e. The van der Waals surface area contributed by atoms with Crippen molar-refractivity contribution in [1.82, 2.24) is 10.2 Å². The van der Waals surface area contributed by atoms with Gasteiger partial charge in [0.2, 0.25) is 11.8 Å². The van der Waals surface area contributed by atoms with Crippen molar-refractivity contribution in [3.8, 4) is 0 Å². The highest BCUT2D eigenvalue weighted by Gasteiger charge is 2.42. The number of piperidine rings is 1. The summed E-state index contributed by atoms with van der Waals surface area (Å²) in [4.78, 5) is 27.4. The molecule has 1 aliphatic heterocycles. The molecule has 0 atom stereocenters. The van der Waals surface area contributed by atoms with Gasteiger partial charge in [0.1, 0.15) is 5.82 Å². The van der Waals surface area contributed by atoms with Crippen LogP contribution in [0.5, 0.6) is 0 Å². The number of anilines is 1. The van der Waals surface area contributed by atoms with Crippen LogP contribution < -0.4 is 10.6 Å². The van der Waals surface area contributed by atoms with E-state index in [-0.39, 0.29) is 17.6 Å². The average Bonchev–Trinajstić information content (AvgIpc) is 3.39. The third-order valence-corrected chi connectivity index (χ3v) is 7.78. The van der Waals surface area contributed by atoms with Crippen molar-refractivity contribution in [1.29, 1.82) is 0 Å². The van der Waals surface area contributed by atoms with Gasteiger partial charge in [-0.3, -0.25) is 9.59 Å². The molecule has 0 aromatic heterocycles. The molecule has 1 heterocycles. The number of amides is 2. The minimum Gasteiger partial charge on any atom is -0.355 e. The van der Waals surface area contributed by atoms with Crippen LogP contribution in [0.2, 0.25) is 0 Å². The van der Waals surface area contributed by atoms with Crippen molar-refractivity contribution < 1.29 is 14.0 Å². The van der Waals surface area contributed by atoms with Crippen molar-refractivity contribution in [3.05, 3.63) is 65.5 Å². The molecule has 2 N–H and O–H groups in total. The number of benzene rings is 2. The van der Waals surface area contributed by atoms with Gasteiger partial charge in [-0.15, -0.1) is 0 Å². The van der Waals surface area contributed by atoms with Crippen LogP contribution in [0.3, 0.4) is 0 Å². The highest BCUT2D eigenvalue weighted by atomic mass is 19.1. The number of halogens is 1. The molecule has 0 unspecified atom stereocenters. The number of nitrogens with zero attached hydrogens (tertiary/aromatic N) is 1. The standard InChI is InChI=1S/C29H38FN3O2/c1-2-27(34)32-26-8-5-7-23(21-26)22-13-19-33(20-14-22)18-6-17-31-28(35)29(15-3-4-16-29)24-9-11-25(30)12-10-24/h5,7-12,21-22H,2-4,6,13-20H2,1H3,(H,31,35)(H,32,34). The molecule has 1 saturated heterocycles. The van der Waals surface area contributed by atoms with Crippen molar-refractivity contribution in [2.24, 2.45) is 0 Å². The fraction of sp³-hybridized carbons (Fsp3) is 0.517. The first kappa shape index (κ1) is 25.4. The summed E-state index contributed by atoms with van der Waals surface area (Å²) in [6.45, 7) is 5.59. The second kappa shape index (κ2) is 11.8. The summed E-state index contributed by atoms with van der Waals surface area (Å²) in [5, 5.41) is 6.14. The molecule has 1 saturated carbocycles. The lowest BCUT2D eigenvalue weighted by atomic mass is 9.78. The van der Waals surface area contributed by atoms with E-state index < -0.39 is 5.41 Å². The third-order valence-electron chi connectivity index (χ3n) is 7.78. The number of carbonyl (C=O) groups excluding carboxylic acids is 2. The number of hydrogen-bond acceptors (Lipinski definition) is 3. The van der Waals surface area contributed by atoms with Gasteiger partial charge in [-0.2, -0.15) is 0 Å². The van der Waals surface area contributed by atoms with E-state index in [2.05, 4.69) is 27.7 Å². The third kappa shape index (κ3) is 6.29. The number of rotatable bonds is 9. The summed E-state index contributed by atoms with van der Waals surface area (Å²) in [6.07, 6.45) is 7.35. The first-order chi connectivity index (χ1) is 17.0. The van der Waals surface area contributed by atoms with Crippen LogP contribution in [-0.2, 0) is 15.0 Å². The maximum atomic E-state index is 13.4. The second-order valence-electron chi connectivity index (χ2n) is 10.0. The van der Waals surface area contributed by atoms with Crippen LogP contribution in [0.4, 0.5) is 10.1 Å². The quantitative estimate of drug-likeness (QED) is 0.475. The summed E-state index contributed by atoms with van der Waals surface area (Å²) >= 11 is 0. The van der Waals surface area contributed by atoms with Gasteiger partial charge in [-0.1, -0.05) is 44.0 Å². The van der Waals surface area contributed by atoms with Gasteiger partial charge in [0.05, 0.1) is 5.41 Å². The monoisotopic (exact) mass is 479 g/mol. The first-order valence-corrected chi connectivity index (χ1v) is 13.2. The second-order valence-corrected chi connectivity index (χ2v) is 10.0. The minimum absolute atomic E-state index is 0.0422. The molecule has 2 aliphatic rings. The highest BCUT2D eigenvalue weighted by Crippen LogP contribution is 2.41. The highest BCUT2D eigenvalue weighted by molar-refractivity contribution is 5.90. The lowest BCUT2D eigenvalue weighted by molar-refractivity contribution is -0.126. The lowest BCUT2D eigenvalue weighted by Crippen LogP contribution is -2.43. The zero-order valence-corrected chi connectivity index (χ0v) is 20.8. The van der Waals surface area contributed by atoms with Crippen LogP contribution in [0.15, 0.2) is 48.5 Å². The molecule has 2 aromatic carbocycles. The van der Waals surface area contributed by atoms with E-state index >= 15 is 0 Å². The molecule has 6 heteroatoms. The number of likely N-dealkylation sites (tertiary alicyclic amines) is 1. The van der Waals surface area contributed by atoms with Gasteiger partial charge < -0.3 is 15.5 Å². The Morgan fingerprint density at radius 3 is 2.46 bits per heavy atom. The minimum atomic E-state index is -0.503. The van der Waals surface area contributed by atoms with Crippen molar-refractivity contribution in [2.45, 2.75) is 69.6 Å². The molecule has 0 bridgehead atoms. The lowest BCUT2D eigenvalue weighted by Gasteiger charge is -2.32. The molecular formula is C29H38FN3O2. The predicted molar refractivity (Wildman–Crippen MR) is 138 cm³/mol. The summed E-state index contributed by atoms with van der Waals surface area (Å²) < 4.78 is 13.4. The van der Waals surface area contributed by atoms with E-state index in [4.69, 9.17) is 0 Å². The van der Waals surface area contributed by atoms with Gasteiger partial charge in [0, 0.05) is 18.7 Å². The van der Waals surface area contributed by atoms with Crippen molar-refractivity contribution >= 4 is 17.5 Å². The van der Waals surface area contributed by atoms with Crippen LogP contribution >= 0.6 is 0 Å². The van der Waals surface area contributed by atoms with E-state index in [1.165, 1.54) is 17.7 Å². The SMILES string of the molecule is CCC(=O)Nc1cccc(C2CCN(CCCNC(=O)C3(c4ccc(F)cc4)CCCC3)CC2)c1. The Morgan fingerprint density at radius 2 is 1.77 bits per heavy atom. The summed E-state index contributed by atoms with van der Waals surface area (Å²) in [6, 6.07) is 14.7. The van der Waals surface area contributed by atoms with Crippen molar-refractivity contribution in [2.75, 3.05) is 31.5 Å². The Labute approximate surface area is 208 Å². The van der Waals surface area contributed by atoms with E-state index in [1.54, 1.807) is 12.1 Å². The van der Waals surface area contributed by atoms with Gasteiger partial charge in [-0.25, -0.2) is 4.39 Å². The molecule has 188 valence electrons. The first-order valence-electron chi connectivity index (χ1n) is 13.2. The Balaban J connectivity index is 1.21. The predicted octanol–water partition coefficient (Wildman–Crippen LogP) is 5.37. The normalized spacial score (nSPS) is 18.3. The topological polar surface area (TPSA) is 61.4 Å². The van der Waals surface area contributed by atoms with Gasteiger partial charge >= 0.3 is 0 Å². The Bertz CT molecular complexity index is 993. The number of hydrogen-bond donors (Lipinski definition) is 2. The zero-order valence-electron chi connectivity index (χ0n) is 20.8. The maximum absolute atomic E-state index is 13.4. The number of carbonyl (C=O) groups is 2. The van der Waals surface area contributed by atoms with Gasteiger partial charge in [0.15, 0.2) is 0 Å². The average molecular weight is 480 g/mol. The fourth-order valence-electron chi connectivity index (χ4n) is 5.68. The molecule has 0 radical (unpaired) electrons. The van der Waals surface area contributed by atoms with Crippen LogP contribution in [0.25, 0.3) is 0 Å². The molecule has 2 amide bonds. The van der Waals surface area contributed by atoms with E-state index in [0.717, 1.165) is 75.8 Å². The summed E-state index contributed by atoms with van der Waals surface area (Å²) in [5.74, 6) is 0.389. The van der Waals surface area contributed by atoms with Crippen molar-refractivity contribution in [3.63, 3.8) is 0 Å². The Hall–Kier alpha value is -2.73. The Kier molecular flexibility index (Phi) is 8.55. The molecule has 2 fully saturated rings. The van der Waals surface area contributed by atoms with Gasteiger partial charge in [0.25, 0.3) is 0 Å².